The SMILES string of the molecule is CCn1cnnc1CNC(=O)NC(C(=O)O)C(C)(C)C. The third-order valence-corrected chi connectivity index (χ3v) is 2.83. The van der Waals surface area contributed by atoms with Gasteiger partial charge in [-0.1, -0.05) is 20.8 Å². The van der Waals surface area contributed by atoms with Crippen LogP contribution in [0.4, 0.5) is 4.79 Å². The van der Waals surface area contributed by atoms with Gasteiger partial charge in [-0.25, -0.2) is 9.59 Å². The minimum Gasteiger partial charge on any atom is -0.480 e. The highest BCUT2D eigenvalue weighted by Gasteiger charge is 2.32. The smallest absolute Gasteiger partial charge is 0.326 e. The number of carbonyl (C=O) groups excluding carboxylic acids is 1. The number of aromatic nitrogens is 3. The number of aryl methyl sites for hydroxylation is 1. The number of urea groups is 1. The quantitative estimate of drug-likeness (QED) is 0.733. The van der Waals surface area contributed by atoms with Crippen LogP contribution in [0.3, 0.4) is 0 Å². The van der Waals surface area contributed by atoms with E-state index in [0.717, 1.165) is 0 Å². The van der Waals surface area contributed by atoms with Crippen molar-refractivity contribution in [3.05, 3.63) is 12.2 Å². The van der Waals surface area contributed by atoms with Crippen LogP contribution in [0, 0.1) is 5.41 Å². The molecule has 0 aliphatic heterocycles. The molecule has 1 aromatic rings. The maximum absolute atomic E-state index is 11.8. The van der Waals surface area contributed by atoms with Crippen molar-refractivity contribution >= 4 is 12.0 Å². The zero-order valence-corrected chi connectivity index (χ0v) is 12.2. The summed E-state index contributed by atoms with van der Waals surface area (Å²) >= 11 is 0. The van der Waals surface area contributed by atoms with Crippen molar-refractivity contribution in [1.82, 2.24) is 25.4 Å². The predicted molar refractivity (Wildman–Crippen MR) is 71.9 cm³/mol. The molecule has 0 radical (unpaired) electrons. The summed E-state index contributed by atoms with van der Waals surface area (Å²) in [4.78, 5) is 22.9. The molecule has 1 aromatic heterocycles. The van der Waals surface area contributed by atoms with Crippen molar-refractivity contribution in [1.29, 1.82) is 0 Å². The molecule has 1 heterocycles. The van der Waals surface area contributed by atoms with E-state index in [1.807, 2.05) is 6.92 Å². The van der Waals surface area contributed by atoms with Gasteiger partial charge in [-0.05, 0) is 12.3 Å². The highest BCUT2D eigenvalue weighted by Crippen LogP contribution is 2.19. The lowest BCUT2D eigenvalue weighted by molar-refractivity contribution is -0.141. The van der Waals surface area contributed by atoms with E-state index >= 15 is 0 Å². The number of carboxylic acid groups (broad SMARTS) is 1. The van der Waals surface area contributed by atoms with Crippen LogP contribution in [0.2, 0.25) is 0 Å². The van der Waals surface area contributed by atoms with Gasteiger partial charge in [0.05, 0.1) is 6.54 Å². The molecule has 0 saturated heterocycles. The topological polar surface area (TPSA) is 109 Å². The number of amides is 2. The van der Waals surface area contributed by atoms with Gasteiger partial charge in [0, 0.05) is 6.54 Å². The third-order valence-electron chi connectivity index (χ3n) is 2.83. The standard InChI is InChI=1S/C12H21N5O3/c1-5-17-7-14-16-8(17)6-13-11(20)15-9(10(18)19)12(2,3)4/h7,9H,5-6H2,1-4H3,(H,18,19)(H2,13,15,20). The van der Waals surface area contributed by atoms with Crippen molar-refractivity contribution in [2.45, 2.75) is 46.8 Å². The Morgan fingerprint density at radius 2 is 2.10 bits per heavy atom. The van der Waals surface area contributed by atoms with Crippen LogP contribution >= 0.6 is 0 Å². The third kappa shape index (κ3) is 4.22. The maximum Gasteiger partial charge on any atom is 0.326 e. The number of carboxylic acids is 1. The van der Waals surface area contributed by atoms with Gasteiger partial charge in [-0.15, -0.1) is 10.2 Å². The Bertz CT molecular complexity index is 478. The lowest BCUT2D eigenvalue weighted by atomic mass is 9.87. The molecule has 0 spiro atoms. The molecule has 1 atom stereocenters. The van der Waals surface area contributed by atoms with E-state index in [0.29, 0.717) is 12.4 Å². The number of rotatable bonds is 5. The number of nitrogens with one attached hydrogen (secondary N) is 2. The van der Waals surface area contributed by atoms with Gasteiger partial charge in [0.25, 0.3) is 0 Å². The molecule has 8 nitrogen and oxygen atoms in total. The number of carbonyl (C=O) groups is 2. The number of aliphatic carboxylic acids is 1. The highest BCUT2D eigenvalue weighted by atomic mass is 16.4. The van der Waals surface area contributed by atoms with Crippen LogP contribution < -0.4 is 10.6 Å². The fraction of sp³-hybridized carbons (Fsp3) is 0.667. The van der Waals surface area contributed by atoms with Crippen molar-refractivity contribution in [3.8, 4) is 0 Å². The van der Waals surface area contributed by atoms with Crippen LogP contribution in [-0.4, -0.2) is 37.9 Å². The summed E-state index contributed by atoms with van der Waals surface area (Å²) in [7, 11) is 0. The second kappa shape index (κ2) is 6.36. The summed E-state index contributed by atoms with van der Waals surface area (Å²) in [5.74, 6) is -0.449. The summed E-state index contributed by atoms with van der Waals surface area (Å²) in [6, 6.07) is -1.51. The van der Waals surface area contributed by atoms with E-state index in [-0.39, 0.29) is 6.54 Å². The maximum atomic E-state index is 11.8. The molecule has 0 aromatic carbocycles. The van der Waals surface area contributed by atoms with Crippen molar-refractivity contribution < 1.29 is 14.7 Å². The summed E-state index contributed by atoms with van der Waals surface area (Å²) in [5, 5.41) is 21.8. The number of hydrogen-bond donors (Lipinski definition) is 3. The van der Waals surface area contributed by atoms with E-state index in [9.17, 15) is 9.59 Å². The van der Waals surface area contributed by atoms with E-state index in [1.165, 1.54) is 0 Å². The second-order valence-electron chi connectivity index (χ2n) is 5.50. The molecule has 20 heavy (non-hydrogen) atoms. The van der Waals surface area contributed by atoms with E-state index in [1.54, 1.807) is 31.7 Å². The Kier molecular flexibility index (Phi) is 5.06. The first-order chi connectivity index (χ1) is 9.25. The Balaban J connectivity index is 2.57. The first-order valence-electron chi connectivity index (χ1n) is 6.39. The van der Waals surface area contributed by atoms with Crippen LogP contribution in [0.1, 0.15) is 33.5 Å². The van der Waals surface area contributed by atoms with E-state index in [2.05, 4.69) is 20.8 Å². The van der Waals surface area contributed by atoms with Gasteiger partial charge >= 0.3 is 12.0 Å². The number of nitrogens with zero attached hydrogens (tertiary/aromatic N) is 3. The average Bonchev–Trinajstić information content (AvgIpc) is 2.78. The molecule has 2 amide bonds. The first kappa shape index (κ1) is 15.9. The number of hydrogen-bond acceptors (Lipinski definition) is 4. The fourth-order valence-electron chi connectivity index (χ4n) is 1.67. The molecule has 0 bridgehead atoms. The molecular weight excluding hydrogens is 262 g/mol. The summed E-state index contributed by atoms with van der Waals surface area (Å²) in [6.45, 7) is 8.08. The molecule has 1 rings (SSSR count). The highest BCUT2D eigenvalue weighted by molar-refractivity contribution is 5.83. The molecule has 3 N–H and O–H groups in total. The largest absolute Gasteiger partial charge is 0.480 e. The zero-order valence-electron chi connectivity index (χ0n) is 12.2. The van der Waals surface area contributed by atoms with Crippen molar-refractivity contribution in [3.63, 3.8) is 0 Å². The molecule has 8 heteroatoms. The summed E-state index contributed by atoms with van der Waals surface area (Å²) in [5.41, 5.74) is -0.577. The van der Waals surface area contributed by atoms with Crippen molar-refractivity contribution in [2.75, 3.05) is 0 Å². The Morgan fingerprint density at radius 3 is 2.60 bits per heavy atom. The van der Waals surface area contributed by atoms with Gasteiger partial charge in [0.2, 0.25) is 0 Å². The second-order valence-corrected chi connectivity index (χ2v) is 5.50. The normalized spacial score (nSPS) is 12.8. The Hall–Kier alpha value is -2.12. The van der Waals surface area contributed by atoms with Crippen molar-refractivity contribution in [2.24, 2.45) is 5.41 Å². The molecular formula is C12H21N5O3. The molecule has 1 unspecified atom stereocenters. The zero-order chi connectivity index (χ0) is 15.3. The minimum absolute atomic E-state index is 0.191. The Morgan fingerprint density at radius 1 is 1.45 bits per heavy atom. The molecule has 0 saturated carbocycles. The molecule has 0 aliphatic carbocycles. The molecule has 0 fully saturated rings. The minimum atomic E-state index is -1.07. The fourth-order valence-corrected chi connectivity index (χ4v) is 1.67. The monoisotopic (exact) mass is 283 g/mol. The average molecular weight is 283 g/mol. The summed E-state index contributed by atoms with van der Waals surface area (Å²) in [6.07, 6.45) is 1.57. The lowest BCUT2D eigenvalue weighted by Gasteiger charge is -2.27. The van der Waals surface area contributed by atoms with E-state index < -0.39 is 23.5 Å². The summed E-state index contributed by atoms with van der Waals surface area (Å²) < 4.78 is 1.79. The van der Waals surface area contributed by atoms with Crippen LogP contribution in [-0.2, 0) is 17.9 Å². The van der Waals surface area contributed by atoms with Crippen LogP contribution in [0.25, 0.3) is 0 Å². The Labute approximate surface area is 117 Å². The van der Waals surface area contributed by atoms with Gasteiger partial charge in [-0.2, -0.15) is 0 Å². The van der Waals surface area contributed by atoms with Crippen LogP contribution in [0.5, 0.6) is 0 Å². The molecule has 0 aliphatic rings. The van der Waals surface area contributed by atoms with Gasteiger partial charge in [-0.3, -0.25) is 0 Å². The predicted octanol–water partition coefficient (Wildman–Crippen LogP) is 0.596. The van der Waals surface area contributed by atoms with Gasteiger partial charge < -0.3 is 20.3 Å². The van der Waals surface area contributed by atoms with E-state index in [4.69, 9.17) is 5.11 Å². The van der Waals surface area contributed by atoms with Gasteiger partial charge in [0.1, 0.15) is 12.4 Å². The first-order valence-corrected chi connectivity index (χ1v) is 6.39. The molecule has 112 valence electrons. The lowest BCUT2D eigenvalue weighted by Crippen LogP contribution is -2.52. The van der Waals surface area contributed by atoms with Gasteiger partial charge in [0.15, 0.2) is 5.82 Å². The van der Waals surface area contributed by atoms with Crippen LogP contribution in [0.15, 0.2) is 6.33 Å².